The molecule has 16 heavy (non-hydrogen) atoms. The van der Waals surface area contributed by atoms with Gasteiger partial charge in [0, 0.05) is 12.1 Å². The second-order valence-corrected chi connectivity index (χ2v) is 4.67. The number of rotatable bonds is 4. The van der Waals surface area contributed by atoms with E-state index in [4.69, 9.17) is 4.74 Å². The third-order valence-electron chi connectivity index (χ3n) is 3.18. The fourth-order valence-electron chi connectivity index (χ4n) is 2.34. The molecule has 1 saturated carbocycles. The van der Waals surface area contributed by atoms with Crippen LogP contribution in [-0.4, -0.2) is 13.2 Å². The minimum atomic E-state index is 0.443. The topological polar surface area (TPSA) is 21.3 Å². The zero-order valence-electron chi connectivity index (χ0n) is 10.3. The fraction of sp³-hybridized carbons (Fsp3) is 0.571. The van der Waals surface area contributed by atoms with Crippen LogP contribution in [0.25, 0.3) is 0 Å². The van der Waals surface area contributed by atoms with Crippen LogP contribution in [0.5, 0.6) is 5.75 Å². The Morgan fingerprint density at radius 3 is 2.75 bits per heavy atom. The molecule has 1 aromatic carbocycles. The Bertz CT molecular complexity index is 343. The van der Waals surface area contributed by atoms with Gasteiger partial charge < -0.3 is 10.1 Å². The summed E-state index contributed by atoms with van der Waals surface area (Å²) in [5.74, 6) is 1.06. The van der Waals surface area contributed by atoms with Crippen molar-refractivity contribution >= 4 is 0 Å². The number of nitrogens with one attached hydrogen (secondary N) is 1. The van der Waals surface area contributed by atoms with Crippen molar-refractivity contribution < 1.29 is 4.74 Å². The quantitative estimate of drug-likeness (QED) is 0.840. The molecule has 88 valence electrons. The van der Waals surface area contributed by atoms with Crippen LogP contribution in [0.15, 0.2) is 18.2 Å². The van der Waals surface area contributed by atoms with Crippen molar-refractivity contribution in [2.75, 3.05) is 7.05 Å². The first kappa shape index (κ1) is 11.5. The van der Waals surface area contributed by atoms with Crippen LogP contribution in [-0.2, 0) is 6.54 Å². The van der Waals surface area contributed by atoms with Gasteiger partial charge in [-0.15, -0.1) is 0 Å². The van der Waals surface area contributed by atoms with Crippen LogP contribution in [0.3, 0.4) is 0 Å². The van der Waals surface area contributed by atoms with E-state index in [-0.39, 0.29) is 0 Å². The van der Waals surface area contributed by atoms with E-state index in [0.29, 0.717) is 6.10 Å². The van der Waals surface area contributed by atoms with Gasteiger partial charge in [0.2, 0.25) is 0 Å². The Kier molecular flexibility index (Phi) is 3.83. The van der Waals surface area contributed by atoms with E-state index in [9.17, 15) is 0 Å². The fourth-order valence-corrected chi connectivity index (χ4v) is 2.34. The average Bonchev–Trinajstić information content (AvgIpc) is 2.75. The van der Waals surface area contributed by atoms with Gasteiger partial charge in [0.05, 0.1) is 6.10 Å². The number of ether oxygens (including phenoxy) is 1. The number of aryl methyl sites for hydroxylation is 1. The molecule has 0 radical (unpaired) electrons. The van der Waals surface area contributed by atoms with E-state index in [1.807, 2.05) is 7.05 Å². The molecule has 1 N–H and O–H groups in total. The van der Waals surface area contributed by atoms with Crippen molar-refractivity contribution in [1.82, 2.24) is 5.32 Å². The van der Waals surface area contributed by atoms with Gasteiger partial charge in [-0.1, -0.05) is 17.7 Å². The summed E-state index contributed by atoms with van der Waals surface area (Å²) < 4.78 is 6.07. The predicted octanol–water partition coefficient (Wildman–Crippen LogP) is 3.04. The van der Waals surface area contributed by atoms with E-state index in [2.05, 4.69) is 30.4 Å². The molecule has 0 saturated heterocycles. The zero-order valence-corrected chi connectivity index (χ0v) is 10.3. The molecule has 2 nitrogen and oxygen atoms in total. The van der Waals surface area contributed by atoms with Crippen molar-refractivity contribution in [3.05, 3.63) is 29.3 Å². The summed E-state index contributed by atoms with van der Waals surface area (Å²) in [6.07, 6.45) is 5.51. The Balaban J connectivity index is 2.11. The minimum absolute atomic E-state index is 0.443. The van der Waals surface area contributed by atoms with Crippen molar-refractivity contribution in [2.24, 2.45) is 0 Å². The molecular formula is C14H21NO. The summed E-state index contributed by atoms with van der Waals surface area (Å²) in [6.45, 7) is 3.00. The lowest BCUT2D eigenvalue weighted by atomic mass is 10.1. The smallest absolute Gasteiger partial charge is 0.124 e. The number of benzene rings is 1. The molecule has 0 amide bonds. The van der Waals surface area contributed by atoms with Gasteiger partial charge in [0.25, 0.3) is 0 Å². The maximum atomic E-state index is 6.07. The van der Waals surface area contributed by atoms with Gasteiger partial charge in [-0.25, -0.2) is 0 Å². The zero-order chi connectivity index (χ0) is 11.4. The first-order valence-corrected chi connectivity index (χ1v) is 6.20. The first-order chi connectivity index (χ1) is 7.79. The van der Waals surface area contributed by atoms with E-state index in [1.54, 1.807) is 0 Å². The minimum Gasteiger partial charge on any atom is -0.490 e. The summed E-state index contributed by atoms with van der Waals surface area (Å²) in [5, 5.41) is 3.20. The predicted molar refractivity (Wildman–Crippen MR) is 66.8 cm³/mol. The number of hydrogen-bond acceptors (Lipinski definition) is 2. The van der Waals surface area contributed by atoms with Crippen molar-refractivity contribution in [1.29, 1.82) is 0 Å². The molecule has 0 bridgehead atoms. The van der Waals surface area contributed by atoms with Crippen LogP contribution < -0.4 is 10.1 Å². The molecule has 0 unspecified atom stereocenters. The van der Waals surface area contributed by atoms with E-state index < -0.39 is 0 Å². The monoisotopic (exact) mass is 219 g/mol. The molecule has 0 spiro atoms. The molecule has 0 heterocycles. The van der Waals surface area contributed by atoms with Gasteiger partial charge in [0.1, 0.15) is 5.75 Å². The van der Waals surface area contributed by atoms with Gasteiger partial charge in [-0.2, -0.15) is 0 Å². The summed E-state index contributed by atoms with van der Waals surface area (Å²) in [7, 11) is 1.97. The maximum Gasteiger partial charge on any atom is 0.124 e. The van der Waals surface area contributed by atoms with Crippen LogP contribution in [0, 0.1) is 6.92 Å². The van der Waals surface area contributed by atoms with E-state index >= 15 is 0 Å². The molecule has 1 aliphatic rings. The van der Waals surface area contributed by atoms with Gasteiger partial charge in [-0.3, -0.25) is 0 Å². The first-order valence-electron chi connectivity index (χ1n) is 6.20. The highest BCUT2D eigenvalue weighted by Gasteiger charge is 2.17. The van der Waals surface area contributed by atoms with Crippen molar-refractivity contribution in [3.8, 4) is 5.75 Å². The van der Waals surface area contributed by atoms with Crippen LogP contribution >= 0.6 is 0 Å². The molecular weight excluding hydrogens is 198 g/mol. The molecule has 0 atom stereocenters. The average molecular weight is 219 g/mol. The second kappa shape index (κ2) is 5.35. The third-order valence-corrected chi connectivity index (χ3v) is 3.18. The Morgan fingerprint density at radius 2 is 2.06 bits per heavy atom. The Hall–Kier alpha value is -1.02. The van der Waals surface area contributed by atoms with Gasteiger partial charge >= 0.3 is 0 Å². The van der Waals surface area contributed by atoms with Crippen LogP contribution in [0.1, 0.15) is 36.8 Å². The number of hydrogen-bond donors (Lipinski definition) is 1. The maximum absolute atomic E-state index is 6.07. The Morgan fingerprint density at radius 1 is 1.31 bits per heavy atom. The summed E-state index contributed by atoms with van der Waals surface area (Å²) in [4.78, 5) is 0. The highest BCUT2D eigenvalue weighted by Crippen LogP contribution is 2.27. The van der Waals surface area contributed by atoms with E-state index in [1.165, 1.54) is 36.8 Å². The van der Waals surface area contributed by atoms with Gasteiger partial charge in [-0.05, 0) is 45.7 Å². The van der Waals surface area contributed by atoms with Gasteiger partial charge in [0.15, 0.2) is 0 Å². The summed E-state index contributed by atoms with van der Waals surface area (Å²) in [5.41, 5.74) is 2.57. The molecule has 2 rings (SSSR count). The molecule has 0 aromatic heterocycles. The summed E-state index contributed by atoms with van der Waals surface area (Å²) in [6, 6.07) is 6.45. The molecule has 0 aliphatic heterocycles. The lowest BCUT2D eigenvalue weighted by Crippen LogP contribution is -2.14. The molecule has 1 aromatic rings. The Labute approximate surface area is 98.0 Å². The molecule has 1 aliphatic carbocycles. The highest BCUT2D eigenvalue weighted by molar-refractivity contribution is 5.37. The van der Waals surface area contributed by atoms with Crippen LogP contribution in [0.4, 0.5) is 0 Å². The normalized spacial score (nSPS) is 16.6. The lowest BCUT2D eigenvalue weighted by molar-refractivity contribution is 0.207. The highest BCUT2D eigenvalue weighted by atomic mass is 16.5. The largest absolute Gasteiger partial charge is 0.490 e. The summed E-state index contributed by atoms with van der Waals surface area (Å²) >= 11 is 0. The molecule has 2 heteroatoms. The van der Waals surface area contributed by atoms with Crippen molar-refractivity contribution in [3.63, 3.8) is 0 Å². The second-order valence-electron chi connectivity index (χ2n) is 4.67. The standard InChI is InChI=1S/C14H21NO/c1-11-7-8-14(12(9-11)10-15-2)16-13-5-3-4-6-13/h7-9,13,15H,3-6,10H2,1-2H3. The third kappa shape index (κ3) is 2.76. The van der Waals surface area contributed by atoms with Crippen molar-refractivity contribution in [2.45, 2.75) is 45.3 Å². The SMILES string of the molecule is CNCc1cc(C)ccc1OC1CCCC1. The van der Waals surface area contributed by atoms with E-state index in [0.717, 1.165) is 12.3 Å². The molecule has 1 fully saturated rings. The lowest BCUT2D eigenvalue weighted by Gasteiger charge is -2.17. The van der Waals surface area contributed by atoms with Crippen LogP contribution in [0.2, 0.25) is 0 Å².